The number of halogens is 1. The van der Waals surface area contributed by atoms with E-state index in [0.29, 0.717) is 16.9 Å². The van der Waals surface area contributed by atoms with Crippen LogP contribution < -0.4 is 0 Å². The minimum Gasteiger partial charge on any atom is -0.446 e. The zero-order valence-corrected chi connectivity index (χ0v) is 9.60. The second-order valence-electron chi connectivity index (χ2n) is 2.84. The van der Waals surface area contributed by atoms with Gasteiger partial charge in [0.2, 0.25) is 5.78 Å². The Balaban J connectivity index is 2.10. The maximum absolute atomic E-state index is 11.6. The quantitative estimate of drug-likeness (QED) is 0.799. The molecule has 0 aliphatic rings. The van der Waals surface area contributed by atoms with Crippen LogP contribution in [0.3, 0.4) is 0 Å². The molecule has 2 nitrogen and oxygen atoms in total. The van der Waals surface area contributed by atoms with E-state index in [1.165, 1.54) is 0 Å². The molecule has 2 aromatic heterocycles. The van der Waals surface area contributed by atoms with Crippen LogP contribution in [0, 0.1) is 0 Å². The van der Waals surface area contributed by atoms with Crippen molar-refractivity contribution in [1.82, 2.24) is 0 Å². The summed E-state index contributed by atoms with van der Waals surface area (Å²) < 4.78 is 5.75. The number of Topliss-reactive ketones (excluding diaryl/α,β-unsaturated/α-hetero) is 1. The van der Waals surface area contributed by atoms with E-state index in [1.807, 2.05) is 16.8 Å². The molecule has 0 saturated heterocycles. The second kappa shape index (κ2) is 4.11. The molecule has 2 heterocycles. The van der Waals surface area contributed by atoms with Gasteiger partial charge in [-0.25, -0.2) is 0 Å². The highest BCUT2D eigenvalue weighted by Crippen LogP contribution is 2.16. The normalized spacial score (nSPS) is 10.4. The molecule has 0 spiro atoms. The molecule has 2 aromatic rings. The molecule has 0 saturated carbocycles. The summed E-state index contributed by atoms with van der Waals surface area (Å²) in [6.45, 7) is 0. The number of rotatable bonds is 3. The van der Waals surface area contributed by atoms with Crippen molar-refractivity contribution in [2.75, 3.05) is 0 Å². The van der Waals surface area contributed by atoms with Gasteiger partial charge in [0.15, 0.2) is 10.4 Å². The molecule has 0 aliphatic carbocycles. The first kappa shape index (κ1) is 9.68. The number of thiophene rings is 1. The smallest absolute Gasteiger partial charge is 0.202 e. The Morgan fingerprint density at radius 1 is 1.43 bits per heavy atom. The van der Waals surface area contributed by atoms with E-state index in [1.54, 1.807) is 23.5 Å². The van der Waals surface area contributed by atoms with E-state index in [9.17, 15) is 4.79 Å². The van der Waals surface area contributed by atoms with Crippen molar-refractivity contribution in [2.45, 2.75) is 6.42 Å². The Morgan fingerprint density at radius 2 is 2.29 bits per heavy atom. The second-order valence-corrected chi connectivity index (χ2v) is 4.40. The molecule has 0 fully saturated rings. The van der Waals surface area contributed by atoms with Gasteiger partial charge < -0.3 is 4.42 Å². The molecule has 0 radical (unpaired) electrons. The average molecular weight is 271 g/mol. The summed E-state index contributed by atoms with van der Waals surface area (Å²) in [4.78, 5) is 11.6. The summed E-state index contributed by atoms with van der Waals surface area (Å²) >= 11 is 4.75. The summed E-state index contributed by atoms with van der Waals surface area (Å²) in [7, 11) is 0. The molecule has 0 atom stereocenters. The third-order valence-electron chi connectivity index (χ3n) is 1.79. The molecular weight excluding hydrogens is 264 g/mol. The van der Waals surface area contributed by atoms with Gasteiger partial charge in [0.1, 0.15) is 0 Å². The van der Waals surface area contributed by atoms with Crippen LogP contribution in [0.1, 0.15) is 16.1 Å². The van der Waals surface area contributed by atoms with Crippen molar-refractivity contribution < 1.29 is 9.21 Å². The first-order valence-corrected chi connectivity index (χ1v) is 5.79. The zero-order chi connectivity index (χ0) is 9.97. The third kappa shape index (κ3) is 2.13. The van der Waals surface area contributed by atoms with E-state index in [4.69, 9.17) is 4.42 Å². The lowest BCUT2D eigenvalue weighted by atomic mass is 10.1. The van der Waals surface area contributed by atoms with Gasteiger partial charge in [0.25, 0.3) is 0 Å². The Kier molecular flexibility index (Phi) is 2.84. The lowest BCUT2D eigenvalue weighted by Crippen LogP contribution is -2.00. The largest absolute Gasteiger partial charge is 0.446 e. The van der Waals surface area contributed by atoms with Crippen molar-refractivity contribution in [3.63, 3.8) is 0 Å². The van der Waals surface area contributed by atoms with E-state index in [0.717, 1.165) is 5.56 Å². The highest BCUT2D eigenvalue weighted by Gasteiger charge is 2.11. The van der Waals surface area contributed by atoms with E-state index in [2.05, 4.69) is 15.9 Å². The summed E-state index contributed by atoms with van der Waals surface area (Å²) in [6.07, 6.45) is 0.406. The highest BCUT2D eigenvalue weighted by atomic mass is 79.9. The van der Waals surface area contributed by atoms with Crippen molar-refractivity contribution in [3.8, 4) is 0 Å². The Labute approximate surface area is 93.7 Å². The van der Waals surface area contributed by atoms with Gasteiger partial charge in [-0.1, -0.05) is 0 Å². The maximum Gasteiger partial charge on any atom is 0.202 e. The summed E-state index contributed by atoms with van der Waals surface area (Å²) in [5, 5.41) is 3.93. The van der Waals surface area contributed by atoms with Gasteiger partial charge in [-0.05, 0) is 50.5 Å². The fourth-order valence-electron chi connectivity index (χ4n) is 1.13. The van der Waals surface area contributed by atoms with Crippen LogP contribution in [-0.4, -0.2) is 5.78 Å². The van der Waals surface area contributed by atoms with Gasteiger partial charge in [0, 0.05) is 6.42 Å². The molecule has 0 bridgehead atoms. The number of hydrogen-bond acceptors (Lipinski definition) is 3. The molecule has 0 amide bonds. The van der Waals surface area contributed by atoms with Crippen molar-refractivity contribution >= 4 is 33.0 Å². The van der Waals surface area contributed by atoms with Gasteiger partial charge in [-0.2, -0.15) is 11.3 Å². The first-order valence-electron chi connectivity index (χ1n) is 4.05. The Hall–Kier alpha value is -0.870. The molecule has 4 heteroatoms. The predicted octanol–water partition coefficient (Wildman–Crippen LogP) is 3.53. The van der Waals surface area contributed by atoms with Gasteiger partial charge >= 0.3 is 0 Å². The molecule has 0 aliphatic heterocycles. The average Bonchev–Trinajstić information content (AvgIpc) is 2.75. The summed E-state index contributed by atoms with van der Waals surface area (Å²) in [5.41, 5.74) is 1.03. The number of carbonyl (C=O) groups excluding carboxylic acids is 1. The summed E-state index contributed by atoms with van der Waals surface area (Å²) in [5.74, 6) is 0.414. The maximum atomic E-state index is 11.6. The van der Waals surface area contributed by atoms with E-state index < -0.39 is 0 Å². The van der Waals surface area contributed by atoms with Crippen LogP contribution in [-0.2, 0) is 6.42 Å². The molecule has 2 rings (SSSR count). The Bertz CT molecular complexity index is 431. The van der Waals surface area contributed by atoms with Crippen LogP contribution in [0.25, 0.3) is 0 Å². The SMILES string of the molecule is O=C(Cc1ccsc1)c1ccc(Br)o1. The molecule has 0 unspecified atom stereocenters. The van der Waals surface area contributed by atoms with E-state index >= 15 is 0 Å². The number of hydrogen-bond donors (Lipinski definition) is 0. The standard InChI is InChI=1S/C10H7BrO2S/c11-10-2-1-9(13-10)8(12)5-7-3-4-14-6-7/h1-4,6H,5H2. The minimum absolute atomic E-state index is 0.00843. The molecule has 72 valence electrons. The van der Waals surface area contributed by atoms with Crippen molar-refractivity contribution in [3.05, 3.63) is 45.0 Å². The lowest BCUT2D eigenvalue weighted by molar-refractivity contribution is 0.0965. The monoisotopic (exact) mass is 270 g/mol. The van der Waals surface area contributed by atoms with Crippen molar-refractivity contribution in [1.29, 1.82) is 0 Å². The molecular formula is C10H7BrO2S. The van der Waals surface area contributed by atoms with E-state index in [-0.39, 0.29) is 5.78 Å². The number of furan rings is 1. The third-order valence-corrected chi connectivity index (χ3v) is 2.95. The van der Waals surface area contributed by atoms with Crippen molar-refractivity contribution in [2.24, 2.45) is 0 Å². The first-order chi connectivity index (χ1) is 6.75. The van der Waals surface area contributed by atoms with Crippen LogP contribution >= 0.6 is 27.3 Å². The highest BCUT2D eigenvalue weighted by molar-refractivity contribution is 9.10. The molecule has 0 N–H and O–H groups in total. The fourth-order valence-corrected chi connectivity index (χ4v) is 2.11. The fraction of sp³-hybridized carbons (Fsp3) is 0.100. The van der Waals surface area contributed by atoms with Crippen LogP contribution in [0.4, 0.5) is 0 Å². The van der Waals surface area contributed by atoms with Crippen LogP contribution in [0.2, 0.25) is 0 Å². The Morgan fingerprint density at radius 3 is 2.86 bits per heavy atom. The molecule has 0 aromatic carbocycles. The lowest BCUT2D eigenvalue weighted by Gasteiger charge is -1.93. The molecule has 14 heavy (non-hydrogen) atoms. The van der Waals surface area contributed by atoms with Crippen LogP contribution in [0.5, 0.6) is 0 Å². The summed E-state index contributed by atoms with van der Waals surface area (Å²) in [6, 6.07) is 5.35. The number of ketones is 1. The van der Waals surface area contributed by atoms with Gasteiger partial charge in [-0.3, -0.25) is 4.79 Å². The zero-order valence-electron chi connectivity index (χ0n) is 7.20. The van der Waals surface area contributed by atoms with Crippen LogP contribution in [0.15, 0.2) is 38.0 Å². The van der Waals surface area contributed by atoms with Gasteiger partial charge in [-0.15, -0.1) is 0 Å². The minimum atomic E-state index is 0.00843. The van der Waals surface area contributed by atoms with Gasteiger partial charge in [0.05, 0.1) is 0 Å². The number of carbonyl (C=O) groups is 1. The predicted molar refractivity (Wildman–Crippen MR) is 58.8 cm³/mol. The topological polar surface area (TPSA) is 30.2 Å².